The molecule has 24 heavy (non-hydrogen) atoms. The van der Waals surface area contributed by atoms with E-state index in [1.54, 1.807) is 6.08 Å². The Bertz CT molecular complexity index is 697. The van der Waals surface area contributed by atoms with Gasteiger partial charge < -0.3 is 10.2 Å². The van der Waals surface area contributed by atoms with Crippen molar-refractivity contribution >= 4 is 22.8 Å². The molecule has 0 saturated carbocycles. The number of likely N-dealkylation sites (tertiary alicyclic amines) is 1. The molecule has 0 spiro atoms. The molecular weight excluding hydrogens is 296 g/mol. The fraction of sp³-hybridized carbons (Fsp3) is 0.381. The minimum Gasteiger partial charge on any atom is -0.353 e. The first kappa shape index (κ1) is 16.7. The first-order valence-corrected chi connectivity index (χ1v) is 8.99. The Balaban J connectivity index is 1.46. The zero-order valence-electron chi connectivity index (χ0n) is 14.2. The molecule has 1 saturated heterocycles. The number of hydrogen-bond acceptors (Lipinski definition) is 2. The van der Waals surface area contributed by atoms with Crippen LogP contribution in [0.1, 0.15) is 31.2 Å². The summed E-state index contributed by atoms with van der Waals surface area (Å²) in [6.07, 6.45) is 8.57. The summed E-state index contributed by atoms with van der Waals surface area (Å²) in [6, 6.07) is 14.4. The number of fused-ring (bicyclic) bond motifs is 1. The zero-order chi connectivity index (χ0) is 16.6. The van der Waals surface area contributed by atoms with Crippen LogP contribution >= 0.6 is 0 Å². The lowest BCUT2D eigenvalue weighted by molar-refractivity contribution is -0.116. The lowest BCUT2D eigenvalue weighted by Crippen LogP contribution is -2.33. The van der Waals surface area contributed by atoms with E-state index in [1.807, 2.05) is 30.3 Å². The fourth-order valence-corrected chi connectivity index (χ4v) is 3.32. The summed E-state index contributed by atoms with van der Waals surface area (Å²) in [5.41, 5.74) is 1.08. The predicted octanol–water partition coefficient (Wildman–Crippen LogP) is 3.85. The number of nitrogens with one attached hydrogen (secondary N) is 1. The van der Waals surface area contributed by atoms with Crippen LogP contribution in [0.2, 0.25) is 0 Å². The number of hydrogen-bond donors (Lipinski definition) is 1. The van der Waals surface area contributed by atoms with E-state index in [-0.39, 0.29) is 5.91 Å². The van der Waals surface area contributed by atoms with Crippen molar-refractivity contribution in [1.82, 2.24) is 10.2 Å². The molecule has 1 heterocycles. The number of rotatable bonds is 6. The Kier molecular flexibility index (Phi) is 6.02. The van der Waals surface area contributed by atoms with Crippen molar-refractivity contribution in [3.63, 3.8) is 0 Å². The van der Waals surface area contributed by atoms with Gasteiger partial charge in [0.2, 0.25) is 5.91 Å². The van der Waals surface area contributed by atoms with Gasteiger partial charge in [0.15, 0.2) is 0 Å². The minimum atomic E-state index is -0.0124. The Hall–Kier alpha value is -2.13. The second kappa shape index (κ2) is 8.65. The number of carbonyl (C=O) groups excluding carboxylic acids is 1. The van der Waals surface area contributed by atoms with E-state index < -0.39 is 0 Å². The maximum absolute atomic E-state index is 12.0. The molecule has 1 aliphatic rings. The molecule has 3 nitrogen and oxygen atoms in total. The molecule has 0 bridgehead atoms. The molecule has 2 aromatic carbocycles. The normalized spacial score (nSPS) is 15.8. The summed E-state index contributed by atoms with van der Waals surface area (Å²) in [5.74, 6) is -0.0124. The lowest BCUT2D eigenvalue weighted by Gasteiger charge is -2.26. The summed E-state index contributed by atoms with van der Waals surface area (Å²) in [4.78, 5) is 14.5. The third-order valence-electron chi connectivity index (χ3n) is 4.64. The Labute approximate surface area is 144 Å². The van der Waals surface area contributed by atoms with E-state index in [4.69, 9.17) is 0 Å². The van der Waals surface area contributed by atoms with Crippen LogP contribution in [-0.4, -0.2) is 37.0 Å². The van der Waals surface area contributed by atoms with Crippen molar-refractivity contribution in [3.8, 4) is 0 Å². The predicted molar refractivity (Wildman–Crippen MR) is 101 cm³/mol. The Morgan fingerprint density at radius 3 is 2.71 bits per heavy atom. The standard InChI is InChI=1S/C21H26N2O/c24-21(22-14-7-17-23-15-4-1-5-16-23)13-12-19-10-6-9-18-8-2-3-11-20(18)19/h2-3,6,8-13H,1,4-5,7,14-17H2,(H,22,24). The summed E-state index contributed by atoms with van der Waals surface area (Å²) in [6.45, 7) is 4.27. The second-order valence-corrected chi connectivity index (χ2v) is 6.45. The third kappa shape index (κ3) is 4.68. The molecule has 0 aromatic heterocycles. The first-order valence-electron chi connectivity index (χ1n) is 8.99. The van der Waals surface area contributed by atoms with E-state index in [0.29, 0.717) is 0 Å². The van der Waals surface area contributed by atoms with Crippen LogP contribution in [0, 0.1) is 0 Å². The monoisotopic (exact) mass is 322 g/mol. The van der Waals surface area contributed by atoms with Gasteiger partial charge in [0.25, 0.3) is 0 Å². The molecular formula is C21H26N2O. The summed E-state index contributed by atoms with van der Waals surface area (Å²) >= 11 is 0. The van der Waals surface area contributed by atoms with E-state index in [2.05, 4.69) is 28.4 Å². The molecule has 1 fully saturated rings. The smallest absolute Gasteiger partial charge is 0.244 e. The van der Waals surface area contributed by atoms with Crippen LogP contribution < -0.4 is 5.32 Å². The van der Waals surface area contributed by atoms with Crippen LogP contribution in [-0.2, 0) is 4.79 Å². The molecule has 1 N–H and O–H groups in total. The van der Waals surface area contributed by atoms with Gasteiger partial charge in [-0.05, 0) is 61.3 Å². The Morgan fingerprint density at radius 1 is 1.04 bits per heavy atom. The summed E-state index contributed by atoms with van der Waals surface area (Å²) < 4.78 is 0. The molecule has 3 rings (SSSR count). The maximum atomic E-state index is 12.0. The highest BCUT2D eigenvalue weighted by molar-refractivity contribution is 5.96. The zero-order valence-corrected chi connectivity index (χ0v) is 14.2. The highest BCUT2D eigenvalue weighted by Crippen LogP contribution is 2.19. The van der Waals surface area contributed by atoms with Crippen molar-refractivity contribution in [2.45, 2.75) is 25.7 Å². The van der Waals surface area contributed by atoms with Crippen LogP contribution in [0.25, 0.3) is 16.8 Å². The van der Waals surface area contributed by atoms with Gasteiger partial charge in [-0.1, -0.05) is 48.9 Å². The molecule has 1 amide bonds. The average molecular weight is 322 g/mol. The number of amides is 1. The van der Waals surface area contributed by atoms with E-state index >= 15 is 0 Å². The van der Waals surface area contributed by atoms with Gasteiger partial charge in [-0.25, -0.2) is 0 Å². The second-order valence-electron chi connectivity index (χ2n) is 6.45. The highest BCUT2D eigenvalue weighted by atomic mass is 16.1. The van der Waals surface area contributed by atoms with Gasteiger partial charge in [0.05, 0.1) is 0 Å². The van der Waals surface area contributed by atoms with Gasteiger partial charge in [0.1, 0.15) is 0 Å². The molecule has 3 heteroatoms. The molecule has 0 aliphatic carbocycles. The lowest BCUT2D eigenvalue weighted by atomic mass is 10.0. The van der Waals surface area contributed by atoms with Gasteiger partial charge in [-0.2, -0.15) is 0 Å². The van der Waals surface area contributed by atoms with Gasteiger partial charge in [-0.3, -0.25) is 4.79 Å². The molecule has 126 valence electrons. The summed E-state index contributed by atoms with van der Waals surface area (Å²) in [7, 11) is 0. The largest absolute Gasteiger partial charge is 0.353 e. The quantitative estimate of drug-likeness (QED) is 0.647. The SMILES string of the molecule is O=C(C=Cc1cccc2ccccc12)NCCCN1CCCCC1. The average Bonchev–Trinajstić information content (AvgIpc) is 2.64. The Morgan fingerprint density at radius 2 is 1.83 bits per heavy atom. The van der Waals surface area contributed by atoms with Crippen molar-refractivity contribution < 1.29 is 4.79 Å². The maximum Gasteiger partial charge on any atom is 0.244 e. The van der Waals surface area contributed by atoms with E-state index in [1.165, 1.54) is 43.1 Å². The molecule has 0 unspecified atom stereocenters. The minimum absolute atomic E-state index is 0.0124. The highest BCUT2D eigenvalue weighted by Gasteiger charge is 2.08. The van der Waals surface area contributed by atoms with Crippen molar-refractivity contribution in [1.29, 1.82) is 0 Å². The van der Waals surface area contributed by atoms with E-state index in [0.717, 1.165) is 25.1 Å². The first-order chi connectivity index (χ1) is 11.8. The van der Waals surface area contributed by atoms with Crippen LogP contribution in [0.15, 0.2) is 48.5 Å². The molecule has 0 radical (unpaired) electrons. The molecule has 2 aromatic rings. The van der Waals surface area contributed by atoms with Crippen LogP contribution in [0.3, 0.4) is 0 Å². The molecule has 1 aliphatic heterocycles. The number of carbonyl (C=O) groups is 1. The van der Waals surface area contributed by atoms with Crippen molar-refractivity contribution in [2.75, 3.05) is 26.2 Å². The van der Waals surface area contributed by atoms with Gasteiger partial charge in [-0.15, -0.1) is 0 Å². The van der Waals surface area contributed by atoms with Crippen LogP contribution in [0.4, 0.5) is 0 Å². The van der Waals surface area contributed by atoms with Crippen LogP contribution in [0.5, 0.6) is 0 Å². The fourth-order valence-electron chi connectivity index (χ4n) is 3.32. The van der Waals surface area contributed by atoms with Gasteiger partial charge >= 0.3 is 0 Å². The number of piperidine rings is 1. The van der Waals surface area contributed by atoms with Gasteiger partial charge in [0, 0.05) is 12.6 Å². The molecule has 0 atom stereocenters. The van der Waals surface area contributed by atoms with E-state index in [9.17, 15) is 4.79 Å². The third-order valence-corrected chi connectivity index (χ3v) is 4.64. The summed E-state index contributed by atoms with van der Waals surface area (Å²) in [5, 5.41) is 5.36. The van der Waals surface area contributed by atoms with Crippen molar-refractivity contribution in [2.24, 2.45) is 0 Å². The number of nitrogens with zero attached hydrogens (tertiary/aromatic N) is 1. The topological polar surface area (TPSA) is 32.3 Å². The number of benzene rings is 2. The van der Waals surface area contributed by atoms with Crippen molar-refractivity contribution in [3.05, 3.63) is 54.1 Å².